The van der Waals surface area contributed by atoms with Crippen LogP contribution in [0.5, 0.6) is 0 Å². The van der Waals surface area contributed by atoms with Gasteiger partial charge in [0.15, 0.2) is 0 Å². The van der Waals surface area contributed by atoms with Crippen molar-refractivity contribution in [2.24, 2.45) is 0 Å². The van der Waals surface area contributed by atoms with Crippen LogP contribution in [0, 0.1) is 0 Å². The zero-order valence-corrected chi connectivity index (χ0v) is 11.9. The fraction of sp³-hybridized carbons (Fsp3) is 0.562. The summed E-state index contributed by atoms with van der Waals surface area (Å²) < 4.78 is 5.35. The van der Waals surface area contributed by atoms with Gasteiger partial charge in [-0.25, -0.2) is 0 Å². The fourth-order valence-corrected chi connectivity index (χ4v) is 2.04. The van der Waals surface area contributed by atoms with E-state index in [2.05, 4.69) is 6.92 Å². The second-order valence-corrected chi connectivity index (χ2v) is 5.30. The Hall–Kier alpha value is -1.15. The van der Waals surface area contributed by atoms with Crippen molar-refractivity contribution in [1.29, 1.82) is 0 Å². The first-order valence-corrected chi connectivity index (χ1v) is 6.63. The molecule has 0 spiro atoms. The van der Waals surface area contributed by atoms with Gasteiger partial charge in [-0.05, 0) is 32.3 Å². The Kier molecular flexibility index (Phi) is 5.54. The van der Waals surface area contributed by atoms with Crippen LogP contribution < -0.4 is 0 Å². The minimum Gasteiger partial charge on any atom is -0.379 e. The van der Waals surface area contributed by atoms with Crippen LogP contribution in [0.25, 0.3) is 0 Å². The van der Waals surface area contributed by atoms with Crippen molar-refractivity contribution >= 4 is 5.78 Å². The van der Waals surface area contributed by atoms with Gasteiger partial charge in [-0.15, -0.1) is 0 Å². The molecule has 1 aromatic carbocycles. The lowest BCUT2D eigenvalue weighted by atomic mass is 9.88. The topological polar surface area (TPSA) is 26.3 Å². The maximum Gasteiger partial charge on any atom is 0.140 e. The molecule has 0 aliphatic carbocycles. The summed E-state index contributed by atoms with van der Waals surface area (Å²) in [5, 5.41) is 0. The van der Waals surface area contributed by atoms with Crippen LogP contribution in [0.4, 0.5) is 0 Å². The molecule has 1 atom stereocenters. The van der Waals surface area contributed by atoms with Gasteiger partial charge in [0.2, 0.25) is 0 Å². The molecule has 1 rings (SSSR count). The molecule has 100 valence electrons. The van der Waals surface area contributed by atoms with Crippen molar-refractivity contribution in [2.75, 3.05) is 7.11 Å². The predicted octanol–water partition coefficient (Wildman–Crippen LogP) is 3.95. The number of Topliss-reactive ketones (excluding diaryl/α,β-unsaturated/α-hetero) is 1. The van der Waals surface area contributed by atoms with E-state index in [4.69, 9.17) is 4.74 Å². The number of carbonyl (C=O) groups is 1. The fourth-order valence-electron chi connectivity index (χ4n) is 2.04. The molecule has 0 N–H and O–H groups in total. The summed E-state index contributed by atoms with van der Waals surface area (Å²) in [6, 6.07) is 10.0. The number of ether oxygens (including phenoxy) is 1. The van der Waals surface area contributed by atoms with Gasteiger partial charge >= 0.3 is 0 Å². The molecular formula is C16H24O2. The molecule has 0 saturated heterocycles. The van der Waals surface area contributed by atoms with E-state index in [-0.39, 0.29) is 11.5 Å². The molecule has 2 heteroatoms. The molecule has 1 unspecified atom stereocenters. The minimum absolute atomic E-state index is 0.0267. The summed E-state index contributed by atoms with van der Waals surface area (Å²) in [5.74, 6) is 0.340. The van der Waals surface area contributed by atoms with E-state index >= 15 is 0 Å². The summed E-state index contributed by atoms with van der Waals surface area (Å²) in [4.78, 5) is 12.3. The zero-order valence-electron chi connectivity index (χ0n) is 11.9. The van der Waals surface area contributed by atoms with Crippen LogP contribution in [0.15, 0.2) is 30.3 Å². The van der Waals surface area contributed by atoms with Crippen LogP contribution in [0.1, 0.15) is 51.5 Å². The Morgan fingerprint density at radius 3 is 2.39 bits per heavy atom. The summed E-state index contributed by atoms with van der Waals surface area (Å²) >= 11 is 0. The van der Waals surface area contributed by atoms with Crippen LogP contribution >= 0.6 is 0 Å². The van der Waals surface area contributed by atoms with Crippen LogP contribution in [0.2, 0.25) is 0 Å². The first-order chi connectivity index (χ1) is 8.50. The molecule has 0 amide bonds. The SMILES string of the molecule is CCC(C(=O)CCC(C)(C)OC)c1ccccc1. The number of hydrogen-bond acceptors (Lipinski definition) is 2. The Labute approximate surface area is 110 Å². The Bertz CT molecular complexity index is 368. The average Bonchev–Trinajstić information content (AvgIpc) is 2.39. The van der Waals surface area contributed by atoms with E-state index < -0.39 is 0 Å². The molecule has 0 bridgehead atoms. The van der Waals surface area contributed by atoms with E-state index in [1.54, 1.807) is 7.11 Å². The molecule has 0 heterocycles. The van der Waals surface area contributed by atoms with E-state index in [9.17, 15) is 4.79 Å². The van der Waals surface area contributed by atoms with E-state index in [1.807, 2.05) is 44.2 Å². The highest BCUT2D eigenvalue weighted by Crippen LogP contribution is 2.24. The molecule has 1 aromatic rings. The highest BCUT2D eigenvalue weighted by atomic mass is 16.5. The van der Waals surface area contributed by atoms with Crippen LogP contribution in [0.3, 0.4) is 0 Å². The lowest BCUT2D eigenvalue weighted by Crippen LogP contribution is -2.24. The van der Waals surface area contributed by atoms with Gasteiger partial charge in [0, 0.05) is 19.4 Å². The summed E-state index contributed by atoms with van der Waals surface area (Å²) in [7, 11) is 1.69. The Morgan fingerprint density at radius 2 is 1.89 bits per heavy atom. The quantitative estimate of drug-likeness (QED) is 0.730. The van der Waals surface area contributed by atoms with Crippen molar-refractivity contribution in [1.82, 2.24) is 0 Å². The van der Waals surface area contributed by atoms with E-state index in [0.717, 1.165) is 18.4 Å². The molecule has 0 aliphatic rings. The van der Waals surface area contributed by atoms with E-state index in [0.29, 0.717) is 12.2 Å². The van der Waals surface area contributed by atoms with Crippen LogP contribution in [-0.4, -0.2) is 18.5 Å². The highest BCUT2D eigenvalue weighted by molar-refractivity contribution is 5.85. The van der Waals surface area contributed by atoms with Gasteiger partial charge in [-0.2, -0.15) is 0 Å². The van der Waals surface area contributed by atoms with Crippen molar-refractivity contribution in [2.45, 2.75) is 51.6 Å². The number of benzene rings is 1. The predicted molar refractivity (Wildman–Crippen MR) is 74.8 cm³/mol. The molecule has 0 aliphatic heterocycles. The van der Waals surface area contributed by atoms with Crippen molar-refractivity contribution in [3.63, 3.8) is 0 Å². The van der Waals surface area contributed by atoms with Gasteiger partial charge in [-0.1, -0.05) is 37.3 Å². The minimum atomic E-state index is -0.218. The molecule has 0 saturated carbocycles. The lowest BCUT2D eigenvalue weighted by molar-refractivity contribution is -0.122. The smallest absolute Gasteiger partial charge is 0.140 e. The number of hydrogen-bond donors (Lipinski definition) is 0. The second-order valence-electron chi connectivity index (χ2n) is 5.30. The standard InChI is InChI=1S/C16H24O2/c1-5-14(13-9-7-6-8-10-13)15(17)11-12-16(2,3)18-4/h6-10,14H,5,11-12H2,1-4H3. The normalized spacial score (nSPS) is 13.3. The molecular weight excluding hydrogens is 224 g/mol. The largest absolute Gasteiger partial charge is 0.379 e. The first kappa shape index (κ1) is 14.9. The summed E-state index contributed by atoms with van der Waals surface area (Å²) in [5.41, 5.74) is 0.908. The van der Waals surface area contributed by atoms with Gasteiger partial charge in [0.1, 0.15) is 5.78 Å². The third-order valence-corrected chi connectivity index (χ3v) is 3.52. The summed E-state index contributed by atoms with van der Waals surface area (Å²) in [6.45, 7) is 6.10. The van der Waals surface area contributed by atoms with Crippen LogP contribution in [-0.2, 0) is 9.53 Å². The molecule has 0 aromatic heterocycles. The molecule has 18 heavy (non-hydrogen) atoms. The van der Waals surface area contributed by atoms with Gasteiger partial charge in [0.25, 0.3) is 0 Å². The second kappa shape index (κ2) is 6.69. The molecule has 2 nitrogen and oxygen atoms in total. The maximum absolute atomic E-state index is 12.3. The molecule has 0 fully saturated rings. The van der Waals surface area contributed by atoms with Crippen molar-refractivity contribution in [3.8, 4) is 0 Å². The average molecular weight is 248 g/mol. The first-order valence-electron chi connectivity index (χ1n) is 6.63. The summed E-state index contributed by atoms with van der Waals surface area (Å²) in [6.07, 6.45) is 2.20. The zero-order chi connectivity index (χ0) is 13.6. The maximum atomic E-state index is 12.3. The number of ketones is 1. The third kappa shape index (κ3) is 4.26. The van der Waals surface area contributed by atoms with Gasteiger partial charge in [-0.3, -0.25) is 4.79 Å². The Morgan fingerprint density at radius 1 is 1.28 bits per heavy atom. The number of methoxy groups -OCH3 is 1. The van der Waals surface area contributed by atoms with Gasteiger partial charge in [0.05, 0.1) is 5.60 Å². The van der Waals surface area contributed by atoms with Crippen molar-refractivity contribution < 1.29 is 9.53 Å². The number of carbonyl (C=O) groups excluding carboxylic acids is 1. The Balaban J connectivity index is 2.64. The highest BCUT2D eigenvalue weighted by Gasteiger charge is 2.22. The lowest BCUT2D eigenvalue weighted by Gasteiger charge is -2.23. The number of rotatable bonds is 7. The van der Waals surface area contributed by atoms with E-state index in [1.165, 1.54) is 0 Å². The van der Waals surface area contributed by atoms with Crippen molar-refractivity contribution in [3.05, 3.63) is 35.9 Å². The van der Waals surface area contributed by atoms with Gasteiger partial charge < -0.3 is 4.74 Å². The molecule has 0 radical (unpaired) electrons. The third-order valence-electron chi connectivity index (χ3n) is 3.52. The monoisotopic (exact) mass is 248 g/mol.